The van der Waals surface area contributed by atoms with Crippen LogP contribution in [0.5, 0.6) is 5.75 Å². The number of aliphatic hydroxyl groups is 1. The molecule has 2 heterocycles. The van der Waals surface area contributed by atoms with E-state index in [2.05, 4.69) is 9.88 Å². The van der Waals surface area contributed by atoms with Gasteiger partial charge in [-0.3, -0.25) is 9.78 Å². The maximum Gasteiger partial charge on any atom is 0.303 e. The third-order valence-corrected chi connectivity index (χ3v) is 8.02. The maximum atomic E-state index is 13.5. The molecule has 1 saturated heterocycles. The summed E-state index contributed by atoms with van der Waals surface area (Å²) in [6, 6.07) is 7.61. The fraction of sp³-hybridized carbons (Fsp3) is 0.467. The number of carbonyl (C=O) groups is 1. The molecule has 6 nitrogen and oxygen atoms in total. The summed E-state index contributed by atoms with van der Waals surface area (Å²) >= 11 is 0. The van der Waals surface area contributed by atoms with Crippen LogP contribution in [0.15, 0.2) is 36.5 Å². The van der Waals surface area contributed by atoms with Crippen molar-refractivity contribution < 1.29 is 32.9 Å². The van der Waals surface area contributed by atoms with E-state index < -0.39 is 34.9 Å². The Morgan fingerprint density at radius 2 is 1.85 bits per heavy atom. The molecule has 210 valence electrons. The summed E-state index contributed by atoms with van der Waals surface area (Å²) in [5.41, 5.74) is 2.40. The Balaban J connectivity index is 1.38. The number of likely N-dealkylation sites (tertiary alicyclic amines) is 1. The van der Waals surface area contributed by atoms with E-state index in [-0.39, 0.29) is 6.42 Å². The van der Waals surface area contributed by atoms with E-state index in [0.717, 1.165) is 34.2 Å². The van der Waals surface area contributed by atoms with Crippen LogP contribution in [0.3, 0.4) is 0 Å². The van der Waals surface area contributed by atoms with Gasteiger partial charge in [-0.25, -0.2) is 13.2 Å². The van der Waals surface area contributed by atoms with Crippen LogP contribution in [0.1, 0.15) is 61.3 Å². The number of ether oxygens (including phenoxy) is 1. The van der Waals surface area contributed by atoms with Crippen LogP contribution in [0, 0.1) is 29.8 Å². The summed E-state index contributed by atoms with van der Waals surface area (Å²) in [7, 11) is 1.59. The monoisotopic (exact) mass is 544 g/mol. The number of aryl methyl sites for hydroxylation is 2. The molecule has 0 aliphatic carbocycles. The molecule has 3 aromatic rings. The highest BCUT2D eigenvalue weighted by molar-refractivity contribution is 5.84. The number of aromatic nitrogens is 1. The lowest BCUT2D eigenvalue weighted by molar-refractivity contribution is -0.141. The number of piperidine rings is 1. The summed E-state index contributed by atoms with van der Waals surface area (Å²) in [6.07, 6.45) is 4.41. The van der Waals surface area contributed by atoms with Crippen molar-refractivity contribution >= 4 is 16.9 Å². The molecule has 0 bridgehead atoms. The second-order valence-corrected chi connectivity index (χ2v) is 10.7. The zero-order valence-corrected chi connectivity index (χ0v) is 22.4. The van der Waals surface area contributed by atoms with Gasteiger partial charge in [0, 0.05) is 11.6 Å². The standard InChI is InChI=1S/C30H35F3N2O4/c1-19-18-34-25-6-5-21(39-2)16-22(25)28(19)26(36)7-8-30(17-27(37)38)9-12-35(13-10-30)11-3-4-20-14-23(31)29(33)24(32)15-20/h5-6,14-16,18,26,36H,3-4,7-13,17H2,1-2H3,(H,37,38)/t26-/m0/s1. The molecule has 9 heteroatoms. The first-order chi connectivity index (χ1) is 18.6. The van der Waals surface area contributed by atoms with Crippen molar-refractivity contribution in [2.45, 2.75) is 58.0 Å². The van der Waals surface area contributed by atoms with E-state index in [1.54, 1.807) is 13.3 Å². The molecule has 0 spiro atoms. The topological polar surface area (TPSA) is 82.9 Å². The van der Waals surface area contributed by atoms with Gasteiger partial charge in [0.15, 0.2) is 17.5 Å². The Hall–Kier alpha value is -3.17. The number of carboxylic acids is 1. The van der Waals surface area contributed by atoms with E-state index in [9.17, 15) is 28.2 Å². The molecular weight excluding hydrogens is 509 g/mol. The lowest BCUT2D eigenvalue weighted by atomic mass is 9.71. The number of fused-ring (bicyclic) bond motifs is 1. The predicted octanol–water partition coefficient (Wildman–Crippen LogP) is 5.97. The first-order valence-corrected chi connectivity index (χ1v) is 13.3. The minimum Gasteiger partial charge on any atom is -0.497 e. The summed E-state index contributed by atoms with van der Waals surface area (Å²) in [5, 5.41) is 21.8. The van der Waals surface area contributed by atoms with E-state index in [4.69, 9.17) is 4.74 Å². The normalized spacial score (nSPS) is 16.4. The lowest BCUT2D eigenvalue weighted by Crippen LogP contribution is -2.41. The number of halogens is 3. The highest BCUT2D eigenvalue weighted by Crippen LogP contribution is 2.42. The molecule has 39 heavy (non-hydrogen) atoms. The number of methoxy groups -OCH3 is 1. The third kappa shape index (κ3) is 6.89. The Bertz CT molecular complexity index is 1300. The maximum absolute atomic E-state index is 13.5. The Morgan fingerprint density at radius 3 is 2.49 bits per heavy atom. The zero-order chi connectivity index (χ0) is 28.2. The molecule has 1 atom stereocenters. The van der Waals surface area contributed by atoms with Gasteiger partial charge in [-0.15, -0.1) is 0 Å². The smallest absolute Gasteiger partial charge is 0.303 e. The second kappa shape index (κ2) is 12.3. The van der Waals surface area contributed by atoms with Gasteiger partial charge in [-0.2, -0.15) is 0 Å². The van der Waals surface area contributed by atoms with Crippen LogP contribution < -0.4 is 4.74 Å². The van der Waals surface area contributed by atoms with Crippen LogP contribution in [-0.2, 0) is 11.2 Å². The minimum absolute atomic E-state index is 0.0333. The van der Waals surface area contributed by atoms with Gasteiger partial charge in [-0.05, 0) is 118 Å². The molecule has 2 N–H and O–H groups in total. The van der Waals surface area contributed by atoms with Gasteiger partial charge in [0.25, 0.3) is 0 Å². The van der Waals surface area contributed by atoms with E-state index in [0.29, 0.717) is 69.5 Å². The average molecular weight is 545 g/mol. The van der Waals surface area contributed by atoms with Crippen molar-refractivity contribution in [1.29, 1.82) is 0 Å². The highest BCUT2D eigenvalue weighted by Gasteiger charge is 2.37. The number of carboxylic acid groups (broad SMARTS) is 1. The fourth-order valence-corrected chi connectivity index (χ4v) is 5.79. The number of rotatable bonds is 11. The van der Waals surface area contributed by atoms with Crippen molar-refractivity contribution in [1.82, 2.24) is 9.88 Å². The molecule has 1 aliphatic heterocycles. The van der Waals surface area contributed by atoms with Crippen molar-refractivity contribution in [3.8, 4) is 5.75 Å². The minimum atomic E-state index is -1.46. The summed E-state index contributed by atoms with van der Waals surface area (Å²) < 4.78 is 45.5. The predicted molar refractivity (Wildman–Crippen MR) is 142 cm³/mol. The summed E-state index contributed by atoms with van der Waals surface area (Å²) in [5.74, 6) is -4.00. The Morgan fingerprint density at radius 1 is 1.15 bits per heavy atom. The average Bonchev–Trinajstić information content (AvgIpc) is 2.90. The van der Waals surface area contributed by atoms with E-state index >= 15 is 0 Å². The molecule has 1 fully saturated rings. The summed E-state index contributed by atoms with van der Waals surface area (Å²) in [6.45, 7) is 4.00. The number of pyridine rings is 1. The molecular formula is C30H35F3N2O4. The SMILES string of the molecule is COc1ccc2ncc(C)c([C@@H](O)CCC3(CC(=O)O)CCN(CCCc4cc(F)c(F)c(F)c4)CC3)c2c1. The third-order valence-electron chi connectivity index (χ3n) is 8.02. The molecule has 0 unspecified atom stereocenters. The van der Waals surface area contributed by atoms with Gasteiger partial charge >= 0.3 is 5.97 Å². The first-order valence-electron chi connectivity index (χ1n) is 13.3. The van der Waals surface area contributed by atoms with Gasteiger partial charge < -0.3 is 19.8 Å². The molecule has 0 amide bonds. The van der Waals surface area contributed by atoms with E-state index in [1.165, 1.54) is 0 Å². The van der Waals surface area contributed by atoms with Crippen LogP contribution >= 0.6 is 0 Å². The van der Waals surface area contributed by atoms with Crippen LogP contribution in [0.4, 0.5) is 13.2 Å². The first kappa shape index (κ1) is 28.8. The van der Waals surface area contributed by atoms with Gasteiger partial charge in [0.2, 0.25) is 0 Å². The second-order valence-electron chi connectivity index (χ2n) is 10.7. The number of benzene rings is 2. The number of nitrogens with zero attached hydrogens (tertiary/aromatic N) is 2. The van der Waals surface area contributed by atoms with Crippen molar-refractivity contribution in [2.24, 2.45) is 5.41 Å². The number of aliphatic hydroxyl groups excluding tert-OH is 1. The largest absolute Gasteiger partial charge is 0.497 e. The quantitative estimate of drug-likeness (QED) is 0.290. The van der Waals surface area contributed by atoms with Gasteiger partial charge in [0.1, 0.15) is 5.75 Å². The Kier molecular flexibility index (Phi) is 9.12. The van der Waals surface area contributed by atoms with Crippen LogP contribution in [0.2, 0.25) is 0 Å². The lowest BCUT2D eigenvalue weighted by Gasteiger charge is -2.41. The molecule has 0 saturated carbocycles. The van der Waals surface area contributed by atoms with Gasteiger partial charge in [-0.1, -0.05) is 0 Å². The number of aliphatic carboxylic acids is 1. The molecule has 1 aliphatic rings. The zero-order valence-electron chi connectivity index (χ0n) is 22.4. The van der Waals surface area contributed by atoms with Crippen molar-refractivity contribution in [3.63, 3.8) is 0 Å². The molecule has 1 aromatic heterocycles. The number of hydrogen-bond acceptors (Lipinski definition) is 5. The molecule has 0 radical (unpaired) electrons. The number of hydrogen-bond donors (Lipinski definition) is 2. The Labute approximate surface area is 226 Å². The van der Waals surface area contributed by atoms with E-state index in [1.807, 2.05) is 25.1 Å². The highest BCUT2D eigenvalue weighted by atomic mass is 19.2. The van der Waals surface area contributed by atoms with Crippen molar-refractivity contribution in [3.05, 3.63) is 70.7 Å². The van der Waals surface area contributed by atoms with Crippen LogP contribution in [0.25, 0.3) is 10.9 Å². The van der Waals surface area contributed by atoms with Crippen LogP contribution in [-0.4, -0.2) is 52.8 Å². The van der Waals surface area contributed by atoms with Crippen molar-refractivity contribution in [2.75, 3.05) is 26.7 Å². The molecule has 2 aromatic carbocycles. The van der Waals surface area contributed by atoms with Gasteiger partial charge in [0.05, 0.1) is 25.2 Å². The molecule has 4 rings (SSSR count). The summed E-state index contributed by atoms with van der Waals surface area (Å²) in [4.78, 5) is 18.5. The fourth-order valence-electron chi connectivity index (χ4n) is 5.79.